The zero-order valence-electron chi connectivity index (χ0n) is 14.0. The Hall–Kier alpha value is -2.65. The van der Waals surface area contributed by atoms with E-state index in [0.717, 1.165) is 32.8 Å². The van der Waals surface area contributed by atoms with E-state index in [-0.39, 0.29) is 0 Å². The van der Waals surface area contributed by atoms with Crippen LogP contribution >= 0.6 is 11.8 Å². The molecule has 2 aromatic heterocycles. The van der Waals surface area contributed by atoms with E-state index in [1.54, 1.807) is 0 Å². The third-order valence-corrected chi connectivity index (χ3v) is 4.83. The number of aromatic nitrogens is 4. The first-order chi connectivity index (χ1) is 11.5. The van der Waals surface area contributed by atoms with Gasteiger partial charge >= 0.3 is 0 Å². The molecule has 0 aliphatic carbocycles. The molecule has 0 spiro atoms. The summed E-state index contributed by atoms with van der Waals surface area (Å²) in [5, 5.41) is 18.7. The quantitative estimate of drug-likeness (QED) is 0.728. The van der Waals surface area contributed by atoms with Gasteiger partial charge in [0.25, 0.3) is 0 Å². The highest BCUT2D eigenvalue weighted by atomic mass is 32.2. The minimum absolute atomic E-state index is 0.588. The average molecular weight is 335 g/mol. The maximum atomic E-state index is 9.40. The lowest BCUT2D eigenvalue weighted by atomic mass is 10.1. The molecule has 0 atom stereocenters. The van der Waals surface area contributed by atoms with Crippen molar-refractivity contribution < 1.29 is 0 Å². The van der Waals surface area contributed by atoms with Gasteiger partial charge in [-0.2, -0.15) is 5.26 Å². The number of hydrogen-bond acceptors (Lipinski definition) is 5. The highest BCUT2D eigenvalue weighted by molar-refractivity contribution is 7.99. The summed E-state index contributed by atoms with van der Waals surface area (Å²) >= 11 is 1.44. The average Bonchev–Trinajstić information content (AvgIpc) is 2.89. The summed E-state index contributed by atoms with van der Waals surface area (Å²) in [7, 11) is 1.93. The summed E-state index contributed by atoms with van der Waals surface area (Å²) in [5.41, 5.74) is 4.43. The monoisotopic (exact) mass is 335 g/mol. The molecule has 0 saturated carbocycles. The van der Waals surface area contributed by atoms with Gasteiger partial charge in [-0.05, 0) is 38.6 Å². The highest BCUT2D eigenvalue weighted by Crippen LogP contribution is 2.32. The Bertz CT molecular complexity index is 935. The summed E-state index contributed by atoms with van der Waals surface area (Å²) in [4.78, 5) is 5.21. The van der Waals surface area contributed by atoms with Crippen molar-refractivity contribution in [3.63, 3.8) is 0 Å². The van der Waals surface area contributed by atoms with E-state index in [2.05, 4.69) is 40.3 Å². The second-order valence-corrected chi connectivity index (χ2v) is 6.68. The van der Waals surface area contributed by atoms with Gasteiger partial charge in [-0.1, -0.05) is 29.8 Å². The van der Waals surface area contributed by atoms with Crippen LogP contribution in [0.25, 0.3) is 11.4 Å². The molecule has 3 aromatic rings. The lowest BCUT2D eigenvalue weighted by molar-refractivity contribution is 0.793. The third-order valence-electron chi connectivity index (χ3n) is 3.75. The third kappa shape index (κ3) is 3.03. The van der Waals surface area contributed by atoms with Gasteiger partial charge in [-0.25, -0.2) is 0 Å². The Kier molecular flexibility index (Phi) is 4.36. The van der Waals surface area contributed by atoms with Crippen LogP contribution in [0.4, 0.5) is 0 Å². The summed E-state index contributed by atoms with van der Waals surface area (Å²) in [5.74, 6) is 0.804. The molecule has 0 amide bonds. The van der Waals surface area contributed by atoms with Gasteiger partial charge in [0, 0.05) is 23.2 Å². The van der Waals surface area contributed by atoms with Crippen LogP contribution in [0.3, 0.4) is 0 Å². The Morgan fingerprint density at radius 2 is 1.79 bits per heavy atom. The van der Waals surface area contributed by atoms with E-state index in [0.29, 0.717) is 5.56 Å². The first kappa shape index (κ1) is 16.2. The summed E-state index contributed by atoms with van der Waals surface area (Å²) in [6, 6.07) is 12.3. The maximum absolute atomic E-state index is 9.40. The normalized spacial score (nSPS) is 10.6. The van der Waals surface area contributed by atoms with Crippen molar-refractivity contribution in [1.29, 1.82) is 5.26 Å². The Morgan fingerprint density at radius 1 is 1.08 bits per heavy atom. The fourth-order valence-corrected chi connectivity index (χ4v) is 3.49. The van der Waals surface area contributed by atoms with Crippen molar-refractivity contribution in [3.8, 4) is 17.5 Å². The molecule has 2 heterocycles. The van der Waals surface area contributed by atoms with Crippen molar-refractivity contribution in [2.45, 2.75) is 30.8 Å². The molecular weight excluding hydrogens is 318 g/mol. The van der Waals surface area contributed by atoms with E-state index in [1.807, 2.05) is 43.7 Å². The van der Waals surface area contributed by atoms with Crippen LogP contribution in [0.2, 0.25) is 0 Å². The Morgan fingerprint density at radius 3 is 2.46 bits per heavy atom. The fraction of sp³-hybridized carbons (Fsp3) is 0.222. The molecule has 120 valence electrons. The van der Waals surface area contributed by atoms with Gasteiger partial charge < -0.3 is 4.57 Å². The van der Waals surface area contributed by atoms with E-state index in [9.17, 15) is 5.26 Å². The first-order valence-electron chi connectivity index (χ1n) is 7.52. The van der Waals surface area contributed by atoms with Gasteiger partial charge in [0.2, 0.25) is 0 Å². The zero-order chi connectivity index (χ0) is 17.3. The zero-order valence-corrected chi connectivity index (χ0v) is 14.8. The van der Waals surface area contributed by atoms with E-state index in [1.165, 1.54) is 17.3 Å². The lowest BCUT2D eigenvalue weighted by Crippen LogP contribution is -1.97. The molecule has 24 heavy (non-hydrogen) atoms. The molecule has 0 unspecified atom stereocenters. The highest BCUT2D eigenvalue weighted by Gasteiger charge is 2.15. The van der Waals surface area contributed by atoms with Crippen molar-refractivity contribution in [2.24, 2.45) is 7.05 Å². The fourth-order valence-electron chi connectivity index (χ4n) is 2.47. The van der Waals surface area contributed by atoms with Crippen molar-refractivity contribution >= 4 is 11.8 Å². The smallest absolute Gasteiger partial charge is 0.196 e. The maximum Gasteiger partial charge on any atom is 0.196 e. The molecule has 0 radical (unpaired) electrons. The SMILES string of the molecule is Cc1ccc(-c2nnc(Sc3cc(C)nc(C)c3C#N)n2C)cc1. The molecule has 0 aliphatic heterocycles. The molecule has 6 heteroatoms. The van der Waals surface area contributed by atoms with Crippen molar-refractivity contribution in [2.75, 3.05) is 0 Å². The van der Waals surface area contributed by atoms with Gasteiger partial charge in [0.1, 0.15) is 6.07 Å². The summed E-state index contributed by atoms with van der Waals surface area (Å²) in [6.45, 7) is 5.83. The largest absolute Gasteiger partial charge is 0.305 e. The van der Waals surface area contributed by atoms with Crippen LogP contribution in [0, 0.1) is 32.1 Å². The van der Waals surface area contributed by atoms with Gasteiger partial charge in [0.15, 0.2) is 11.0 Å². The molecule has 0 bridgehead atoms. The number of nitriles is 1. The summed E-state index contributed by atoms with van der Waals surface area (Å²) in [6.07, 6.45) is 0. The molecule has 3 rings (SSSR count). The van der Waals surface area contributed by atoms with Crippen LogP contribution in [-0.2, 0) is 7.05 Å². The second kappa shape index (κ2) is 6.46. The number of aryl methyl sites for hydroxylation is 3. The summed E-state index contributed by atoms with van der Waals surface area (Å²) < 4.78 is 1.95. The molecule has 0 aliphatic rings. The van der Waals surface area contributed by atoms with Crippen LogP contribution in [0.5, 0.6) is 0 Å². The van der Waals surface area contributed by atoms with Gasteiger partial charge in [-0.15, -0.1) is 10.2 Å². The van der Waals surface area contributed by atoms with Crippen LogP contribution in [0.15, 0.2) is 40.4 Å². The number of rotatable bonds is 3. The van der Waals surface area contributed by atoms with Gasteiger partial charge in [-0.3, -0.25) is 4.98 Å². The van der Waals surface area contributed by atoms with Crippen molar-refractivity contribution in [1.82, 2.24) is 19.7 Å². The minimum Gasteiger partial charge on any atom is -0.305 e. The lowest BCUT2D eigenvalue weighted by Gasteiger charge is -2.08. The molecule has 0 fully saturated rings. The molecule has 0 N–H and O–H groups in total. The number of hydrogen-bond donors (Lipinski definition) is 0. The predicted octanol–water partition coefficient (Wildman–Crippen LogP) is 3.83. The van der Waals surface area contributed by atoms with E-state index >= 15 is 0 Å². The number of benzene rings is 1. The minimum atomic E-state index is 0.588. The second-order valence-electron chi connectivity index (χ2n) is 5.67. The van der Waals surface area contributed by atoms with E-state index in [4.69, 9.17) is 0 Å². The molecule has 1 aromatic carbocycles. The van der Waals surface area contributed by atoms with Gasteiger partial charge in [0.05, 0.1) is 11.3 Å². The van der Waals surface area contributed by atoms with Crippen molar-refractivity contribution in [3.05, 3.63) is 52.8 Å². The number of nitrogens with zero attached hydrogens (tertiary/aromatic N) is 5. The topological polar surface area (TPSA) is 67.4 Å². The first-order valence-corrected chi connectivity index (χ1v) is 8.34. The van der Waals surface area contributed by atoms with E-state index < -0.39 is 0 Å². The number of pyridine rings is 1. The van der Waals surface area contributed by atoms with Crippen LogP contribution in [-0.4, -0.2) is 19.7 Å². The Balaban J connectivity index is 1.99. The standard InChI is InChI=1S/C18H17N5S/c1-11-5-7-14(8-6-11)17-21-22-18(23(17)4)24-16-9-12(2)20-13(3)15(16)10-19/h5-9H,1-4H3. The van der Waals surface area contributed by atoms with Crippen LogP contribution < -0.4 is 0 Å². The Labute approximate surface area is 145 Å². The van der Waals surface area contributed by atoms with Crippen LogP contribution in [0.1, 0.15) is 22.5 Å². The predicted molar refractivity (Wildman–Crippen MR) is 93.7 cm³/mol. The molecule has 5 nitrogen and oxygen atoms in total. The molecule has 0 saturated heterocycles. The molecular formula is C18H17N5S.